The third-order valence-corrected chi connectivity index (χ3v) is 7.71. The van der Waals surface area contributed by atoms with Gasteiger partial charge in [0.25, 0.3) is 0 Å². The van der Waals surface area contributed by atoms with Gasteiger partial charge < -0.3 is 20.7 Å². The third kappa shape index (κ3) is 6.17. The maximum atomic E-state index is 13.1. The van der Waals surface area contributed by atoms with Crippen molar-refractivity contribution in [3.8, 4) is 5.75 Å². The van der Waals surface area contributed by atoms with Gasteiger partial charge in [0.15, 0.2) is 0 Å². The Balaban J connectivity index is 1.55. The molecule has 1 saturated carbocycles. The number of thiophene rings is 1. The topological polar surface area (TPSA) is 87.9 Å². The van der Waals surface area contributed by atoms with Crippen molar-refractivity contribution in [1.82, 2.24) is 15.1 Å². The molecule has 2 aliphatic rings. The molecule has 1 unspecified atom stereocenters. The Hall–Kier alpha value is -2.42. The maximum Gasteiger partial charge on any atom is 0.242 e. The van der Waals surface area contributed by atoms with Crippen molar-refractivity contribution in [2.24, 2.45) is 11.7 Å². The van der Waals surface area contributed by atoms with Crippen LogP contribution in [0.3, 0.4) is 0 Å². The van der Waals surface area contributed by atoms with Gasteiger partial charge >= 0.3 is 0 Å². The molecule has 1 aliphatic heterocycles. The second-order valence-corrected chi connectivity index (χ2v) is 10.7. The molecule has 2 aromatic rings. The van der Waals surface area contributed by atoms with Crippen LogP contribution < -0.4 is 15.8 Å². The fraction of sp³-hybridized carbons (Fsp3) is 0.538. The molecule has 7 nitrogen and oxygen atoms in total. The van der Waals surface area contributed by atoms with Gasteiger partial charge in [-0.3, -0.25) is 14.5 Å². The molecule has 8 heteroatoms. The standard InChI is InChI=1S/C26H36N4O3S/c1-18-6-9-23(34-18)17-29(16-19-4-3-5-22(14-19)33-2)21-10-13-30(26(32)20-7-8-20)24(15-21)25(31)28-12-11-27/h3-6,9,14,20-21,24H,7-8,10-13,15-17,27H2,1-2H3,(H,28,31)/t21?,24-/m1/s1. The number of aryl methyl sites for hydroxylation is 1. The normalized spacial score (nSPS) is 20.4. The molecule has 1 saturated heterocycles. The van der Waals surface area contributed by atoms with Crippen LogP contribution in [0.1, 0.15) is 41.0 Å². The van der Waals surface area contributed by atoms with Gasteiger partial charge in [0.2, 0.25) is 11.8 Å². The SMILES string of the molecule is COc1cccc(CN(Cc2ccc(C)s2)C2CCN(C(=O)C3CC3)[C@@H](C(=O)NCCN)C2)c1. The van der Waals surface area contributed by atoms with Gasteiger partial charge in [0.05, 0.1) is 7.11 Å². The minimum atomic E-state index is -0.448. The Morgan fingerprint density at radius 2 is 2.03 bits per heavy atom. The van der Waals surface area contributed by atoms with Crippen LogP contribution in [0.5, 0.6) is 5.75 Å². The molecule has 2 fully saturated rings. The maximum absolute atomic E-state index is 13.1. The Morgan fingerprint density at radius 1 is 1.21 bits per heavy atom. The predicted molar refractivity (Wildman–Crippen MR) is 135 cm³/mol. The minimum Gasteiger partial charge on any atom is -0.497 e. The molecular weight excluding hydrogens is 448 g/mol. The van der Waals surface area contributed by atoms with Crippen LogP contribution in [0.4, 0.5) is 0 Å². The first-order valence-corrected chi connectivity index (χ1v) is 13.0. The van der Waals surface area contributed by atoms with E-state index in [1.807, 2.05) is 28.4 Å². The highest BCUT2D eigenvalue weighted by molar-refractivity contribution is 7.11. The summed E-state index contributed by atoms with van der Waals surface area (Å²) in [6, 6.07) is 12.2. The van der Waals surface area contributed by atoms with E-state index in [4.69, 9.17) is 10.5 Å². The predicted octanol–water partition coefficient (Wildman–Crippen LogP) is 2.91. The van der Waals surface area contributed by atoms with Crippen LogP contribution in [-0.2, 0) is 22.7 Å². The largest absolute Gasteiger partial charge is 0.497 e. The Morgan fingerprint density at radius 3 is 2.71 bits per heavy atom. The van der Waals surface area contributed by atoms with E-state index in [2.05, 4.69) is 41.4 Å². The first kappa shape index (κ1) is 24.7. The summed E-state index contributed by atoms with van der Waals surface area (Å²) in [5.41, 5.74) is 6.79. The molecule has 1 aliphatic carbocycles. The lowest BCUT2D eigenvalue weighted by Gasteiger charge is -2.43. The highest BCUT2D eigenvalue weighted by Gasteiger charge is 2.42. The zero-order valence-electron chi connectivity index (χ0n) is 20.2. The average molecular weight is 485 g/mol. The van der Waals surface area contributed by atoms with Gasteiger partial charge in [-0.05, 0) is 62.4 Å². The van der Waals surface area contributed by atoms with E-state index >= 15 is 0 Å². The number of hydrogen-bond donors (Lipinski definition) is 2. The molecule has 1 aromatic carbocycles. The van der Waals surface area contributed by atoms with Gasteiger partial charge in [-0.1, -0.05) is 12.1 Å². The molecule has 4 rings (SSSR count). The smallest absolute Gasteiger partial charge is 0.242 e. The molecule has 34 heavy (non-hydrogen) atoms. The number of benzene rings is 1. The van der Waals surface area contributed by atoms with E-state index in [-0.39, 0.29) is 23.8 Å². The third-order valence-electron chi connectivity index (χ3n) is 6.72. The number of rotatable bonds is 10. The molecular formula is C26H36N4O3S. The van der Waals surface area contributed by atoms with Gasteiger partial charge in [-0.25, -0.2) is 0 Å². The van der Waals surface area contributed by atoms with Gasteiger partial charge in [0, 0.05) is 54.4 Å². The Labute approximate surface area is 206 Å². The Bertz CT molecular complexity index is 990. The molecule has 2 amide bonds. The minimum absolute atomic E-state index is 0.0857. The molecule has 3 N–H and O–H groups in total. The summed E-state index contributed by atoms with van der Waals surface area (Å²) in [5, 5.41) is 2.93. The molecule has 184 valence electrons. The number of likely N-dealkylation sites (tertiary alicyclic amines) is 1. The zero-order chi connectivity index (χ0) is 24.1. The second-order valence-electron chi connectivity index (χ2n) is 9.35. The lowest BCUT2D eigenvalue weighted by molar-refractivity contribution is -0.144. The fourth-order valence-electron chi connectivity index (χ4n) is 4.76. The fourth-order valence-corrected chi connectivity index (χ4v) is 5.67. The van der Waals surface area contributed by atoms with Crippen molar-refractivity contribution in [2.75, 3.05) is 26.7 Å². The van der Waals surface area contributed by atoms with Crippen molar-refractivity contribution < 1.29 is 14.3 Å². The average Bonchev–Trinajstić information content (AvgIpc) is 3.63. The van der Waals surface area contributed by atoms with E-state index < -0.39 is 6.04 Å². The highest BCUT2D eigenvalue weighted by Crippen LogP contribution is 2.35. The van der Waals surface area contributed by atoms with Crippen LogP contribution in [-0.4, -0.2) is 60.4 Å². The van der Waals surface area contributed by atoms with E-state index in [0.717, 1.165) is 38.1 Å². The van der Waals surface area contributed by atoms with E-state index in [1.54, 1.807) is 7.11 Å². The monoisotopic (exact) mass is 484 g/mol. The summed E-state index contributed by atoms with van der Waals surface area (Å²) in [5.74, 6) is 0.994. The van der Waals surface area contributed by atoms with Crippen molar-refractivity contribution in [2.45, 2.75) is 57.8 Å². The van der Waals surface area contributed by atoms with Gasteiger partial charge in [-0.15, -0.1) is 11.3 Å². The van der Waals surface area contributed by atoms with Gasteiger partial charge in [0.1, 0.15) is 11.8 Å². The number of nitrogens with one attached hydrogen (secondary N) is 1. The number of hydrogen-bond acceptors (Lipinski definition) is 6. The lowest BCUT2D eigenvalue weighted by atomic mass is 9.93. The number of nitrogens with zero attached hydrogens (tertiary/aromatic N) is 2. The number of ether oxygens (including phenoxy) is 1. The molecule has 0 radical (unpaired) electrons. The number of carbonyl (C=O) groups is 2. The first-order chi connectivity index (χ1) is 16.5. The molecule has 2 atom stereocenters. The van der Waals surface area contributed by atoms with Crippen molar-refractivity contribution in [3.63, 3.8) is 0 Å². The number of piperidine rings is 1. The summed E-state index contributed by atoms with van der Waals surface area (Å²) >= 11 is 1.81. The van der Waals surface area contributed by atoms with E-state index in [1.165, 1.54) is 15.3 Å². The van der Waals surface area contributed by atoms with Crippen molar-refractivity contribution in [1.29, 1.82) is 0 Å². The summed E-state index contributed by atoms with van der Waals surface area (Å²) in [7, 11) is 1.68. The second kappa shape index (κ2) is 11.3. The Kier molecular flexibility index (Phi) is 8.24. The van der Waals surface area contributed by atoms with Crippen LogP contribution in [0.15, 0.2) is 36.4 Å². The van der Waals surface area contributed by atoms with E-state index in [0.29, 0.717) is 26.1 Å². The molecule has 2 heterocycles. The summed E-state index contributed by atoms with van der Waals surface area (Å²) in [6.45, 7) is 5.12. The van der Waals surface area contributed by atoms with Crippen molar-refractivity contribution >= 4 is 23.2 Å². The zero-order valence-corrected chi connectivity index (χ0v) is 21.0. The quantitative estimate of drug-likeness (QED) is 0.541. The van der Waals surface area contributed by atoms with Crippen LogP contribution >= 0.6 is 11.3 Å². The number of nitrogens with two attached hydrogens (primary N) is 1. The molecule has 0 spiro atoms. The highest BCUT2D eigenvalue weighted by atomic mass is 32.1. The summed E-state index contributed by atoms with van der Waals surface area (Å²) in [6.07, 6.45) is 3.36. The number of amides is 2. The van der Waals surface area contributed by atoms with Crippen molar-refractivity contribution in [3.05, 3.63) is 51.7 Å². The summed E-state index contributed by atoms with van der Waals surface area (Å²) < 4.78 is 5.43. The van der Waals surface area contributed by atoms with Crippen LogP contribution in [0.25, 0.3) is 0 Å². The first-order valence-electron chi connectivity index (χ1n) is 12.2. The lowest BCUT2D eigenvalue weighted by Crippen LogP contribution is -2.57. The summed E-state index contributed by atoms with van der Waals surface area (Å²) in [4.78, 5) is 33.0. The molecule has 1 aromatic heterocycles. The molecule has 0 bridgehead atoms. The van der Waals surface area contributed by atoms with Crippen LogP contribution in [0, 0.1) is 12.8 Å². The number of carbonyl (C=O) groups excluding carboxylic acids is 2. The number of methoxy groups -OCH3 is 1. The van der Waals surface area contributed by atoms with Gasteiger partial charge in [-0.2, -0.15) is 0 Å². The van der Waals surface area contributed by atoms with E-state index in [9.17, 15) is 9.59 Å². The van der Waals surface area contributed by atoms with Crippen LogP contribution in [0.2, 0.25) is 0 Å².